The summed E-state index contributed by atoms with van der Waals surface area (Å²) in [6, 6.07) is 1.95. The molecule has 7 heteroatoms. The summed E-state index contributed by atoms with van der Waals surface area (Å²) in [5.74, 6) is -1.76. The zero-order valence-corrected chi connectivity index (χ0v) is 11.9. The Bertz CT molecular complexity index is 605. The van der Waals surface area contributed by atoms with Gasteiger partial charge in [-0.25, -0.2) is 4.39 Å². The summed E-state index contributed by atoms with van der Waals surface area (Å²) in [7, 11) is 0. The fourth-order valence-electron chi connectivity index (χ4n) is 2.14. The Hall–Kier alpha value is -1.99. The minimum Gasteiger partial charge on any atom is -0.379 e. The first kappa shape index (κ1) is 15.4. The smallest absolute Gasteiger partial charge is 0.248 e. The summed E-state index contributed by atoms with van der Waals surface area (Å²) in [6.45, 7) is 3.67. The van der Waals surface area contributed by atoms with Gasteiger partial charge in [-0.15, -0.1) is 0 Å². The summed E-state index contributed by atoms with van der Waals surface area (Å²) in [4.78, 5) is 23.6. The number of carbonyl (C=O) groups is 2. The molecule has 1 heterocycles. The first-order chi connectivity index (χ1) is 9.75. The van der Waals surface area contributed by atoms with Gasteiger partial charge in [-0.3, -0.25) is 9.59 Å². The van der Waals surface area contributed by atoms with Crippen molar-refractivity contribution >= 4 is 17.5 Å². The van der Waals surface area contributed by atoms with Gasteiger partial charge in [-0.1, -0.05) is 0 Å². The van der Waals surface area contributed by atoms with E-state index >= 15 is 0 Å². The van der Waals surface area contributed by atoms with Gasteiger partial charge in [0.2, 0.25) is 11.8 Å². The molecule has 0 radical (unpaired) electrons. The molecule has 6 nitrogen and oxygen atoms in total. The lowest BCUT2D eigenvalue weighted by Crippen LogP contribution is -2.47. The summed E-state index contributed by atoms with van der Waals surface area (Å²) in [5, 5.41) is 2.61. The van der Waals surface area contributed by atoms with Crippen molar-refractivity contribution in [2.45, 2.75) is 19.9 Å². The summed E-state index contributed by atoms with van der Waals surface area (Å²) < 4.78 is 19.0. The van der Waals surface area contributed by atoms with Crippen LogP contribution in [0.1, 0.15) is 22.8 Å². The van der Waals surface area contributed by atoms with E-state index in [1.807, 2.05) is 0 Å². The van der Waals surface area contributed by atoms with Crippen molar-refractivity contribution in [1.29, 1.82) is 0 Å². The lowest BCUT2D eigenvalue weighted by molar-refractivity contribution is -0.125. The molecule has 0 saturated carbocycles. The van der Waals surface area contributed by atoms with Crippen LogP contribution >= 0.6 is 0 Å². The second-order valence-electron chi connectivity index (χ2n) is 5.49. The third-order valence-corrected chi connectivity index (χ3v) is 3.91. The van der Waals surface area contributed by atoms with Gasteiger partial charge in [0.25, 0.3) is 0 Å². The van der Waals surface area contributed by atoms with E-state index in [9.17, 15) is 14.0 Å². The number of hydrogen-bond acceptors (Lipinski definition) is 4. The molecule has 2 rings (SSSR count). The monoisotopic (exact) mass is 295 g/mol. The summed E-state index contributed by atoms with van der Waals surface area (Å²) in [5.41, 5.74) is 10.5. The van der Waals surface area contributed by atoms with E-state index in [1.165, 1.54) is 13.0 Å². The van der Waals surface area contributed by atoms with Crippen LogP contribution in [0.15, 0.2) is 12.1 Å². The van der Waals surface area contributed by atoms with Crippen LogP contribution < -0.4 is 16.8 Å². The standard InChI is InChI=1S/C14H18FN3O3/c1-7-9(15)3-8(12(17)19)4-10(7)18-13(20)14(2)6-21-5-11(14)16/h3-4,11H,5-6,16H2,1-2H3,(H2,17,19)(H,18,20). The van der Waals surface area contributed by atoms with Crippen LogP contribution in [-0.4, -0.2) is 31.1 Å². The Morgan fingerprint density at radius 2 is 2.14 bits per heavy atom. The Kier molecular flexibility index (Phi) is 3.97. The lowest BCUT2D eigenvalue weighted by Gasteiger charge is -2.26. The minimum absolute atomic E-state index is 0.00877. The molecule has 5 N–H and O–H groups in total. The highest BCUT2D eigenvalue weighted by atomic mass is 19.1. The molecule has 1 aliphatic rings. The van der Waals surface area contributed by atoms with Crippen LogP contribution in [0.4, 0.5) is 10.1 Å². The van der Waals surface area contributed by atoms with Gasteiger partial charge in [-0.2, -0.15) is 0 Å². The third-order valence-electron chi connectivity index (χ3n) is 3.91. The first-order valence-electron chi connectivity index (χ1n) is 6.50. The number of nitrogens with one attached hydrogen (secondary N) is 1. The van der Waals surface area contributed by atoms with Crippen molar-refractivity contribution < 1.29 is 18.7 Å². The van der Waals surface area contributed by atoms with Gasteiger partial charge in [0, 0.05) is 22.9 Å². The van der Waals surface area contributed by atoms with E-state index in [0.29, 0.717) is 6.61 Å². The molecular formula is C14H18FN3O3. The van der Waals surface area contributed by atoms with E-state index in [4.69, 9.17) is 16.2 Å². The summed E-state index contributed by atoms with van der Waals surface area (Å²) in [6.07, 6.45) is 0. The van der Waals surface area contributed by atoms with Crippen molar-refractivity contribution in [3.05, 3.63) is 29.1 Å². The van der Waals surface area contributed by atoms with Crippen LogP contribution in [0.3, 0.4) is 0 Å². The molecule has 1 aromatic carbocycles. The van der Waals surface area contributed by atoms with Crippen LogP contribution in [0, 0.1) is 18.2 Å². The number of rotatable bonds is 3. The molecule has 2 atom stereocenters. The topological polar surface area (TPSA) is 107 Å². The molecule has 2 unspecified atom stereocenters. The van der Waals surface area contributed by atoms with Crippen molar-refractivity contribution in [2.75, 3.05) is 18.5 Å². The molecule has 0 aliphatic carbocycles. The highest BCUT2D eigenvalue weighted by molar-refractivity contribution is 5.99. The third kappa shape index (κ3) is 2.74. The summed E-state index contributed by atoms with van der Waals surface area (Å²) >= 11 is 0. The lowest BCUT2D eigenvalue weighted by atomic mass is 9.84. The average Bonchev–Trinajstić information content (AvgIpc) is 2.75. The number of carbonyl (C=O) groups excluding carboxylic acids is 2. The van der Waals surface area contributed by atoms with Gasteiger partial charge >= 0.3 is 0 Å². The van der Waals surface area contributed by atoms with Gasteiger partial charge in [0.15, 0.2) is 0 Å². The fraction of sp³-hybridized carbons (Fsp3) is 0.429. The normalized spacial score (nSPS) is 24.9. The van der Waals surface area contributed by atoms with Crippen molar-refractivity contribution in [2.24, 2.45) is 16.9 Å². The van der Waals surface area contributed by atoms with E-state index in [2.05, 4.69) is 5.32 Å². The number of hydrogen-bond donors (Lipinski definition) is 3. The Labute approximate surface area is 121 Å². The quantitative estimate of drug-likeness (QED) is 0.756. The highest BCUT2D eigenvalue weighted by Gasteiger charge is 2.44. The predicted molar refractivity (Wildman–Crippen MR) is 75.2 cm³/mol. The molecule has 0 aromatic heterocycles. The van der Waals surface area contributed by atoms with E-state index in [-0.39, 0.29) is 29.3 Å². The molecule has 0 spiro atoms. The zero-order chi connectivity index (χ0) is 15.8. The maximum absolute atomic E-state index is 13.8. The van der Waals surface area contributed by atoms with E-state index in [0.717, 1.165) is 6.07 Å². The Balaban J connectivity index is 2.31. The van der Waals surface area contributed by atoms with Gasteiger partial charge in [-0.05, 0) is 26.0 Å². The van der Waals surface area contributed by atoms with Gasteiger partial charge in [0.05, 0.1) is 18.6 Å². The number of ether oxygens (including phenoxy) is 1. The van der Waals surface area contributed by atoms with Crippen molar-refractivity contribution in [3.8, 4) is 0 Å². The number of halogens is 1. The first-order valence-corrected chi connectivity index (χ1v) is 6.50. The minimum atomic E-state index is -0.897. The molecule has 2 amide bonds. The zero-order valence-electron chi connectivity index (χ0n) is 11.9. The Morgan fingerprint density at radius 1 is 1.48 bits per heavy atom. The fourth-order valence-corrected chi connectivity index (χ4v) is 2.14. The molecule has 1 aliphatic heterocycles. The van der Waals surface area contributed by atoms with Crippen molar-refractivity contribution in [3.63, 3.8) is 0 Å². The van der Waals surface area contributed by atoms with E-state index in [1.54, 1.807) is 6.92 Å². The molecular weight excluding hydrogens is 277 g/mol. The molecule has 1 aromatic rings. The number of benzene rings is 1. The highest BCUT2D eigenvalue weighted by Crippen LogP contribution is 2.30. The average molecular weight is 295 g/mol. The van der Waals surface area contributed by atoms with Crippen molar-refractivity contribution in [1.82, 2.24) is 0 Å². The number of amides is 2. The maximum Gasteiger partial charge on any atom is 0.248 e. The van der Waals surface area contributed by atoms with E-state index < -0.39 is 23.2 Å². The number of primary amides is 1. The maximum atomic E-state index is 13.8. The van der Waals surface area contributed by atoms with Crippen LogP contribution in [-0.2, 0) is 9.53 Å². The molecule has 1 fully saturated rings. The van der Waals surface area contributed by atoms with Crippen LogP contribution in [0.25, 0.3) is 0 Å². The largest absolute Gasteiger partial charge is 0.379 e. The molecule has 0 bridgehead atoms. The van der Waals surface area contributed by atoms with Crippen LogP contribution in [0.2, 0.25) is 0 Å². The second-order valence-corrected chi connectivity index (χ2v) is 5.49. The predicted octanol–water partition coefficient (Wildman–Crippen LogP) is 0.535. The van der Waals surface area contributed by atoms with Gasteiger partial charge in [0.1, 0.15) is 5.82 Å². The van der Waals surface area contributed by atoms with Gasteiger partial charge < -0.3 is 21.5 Å². The number of nitrogens with two attached hydrogens (primary N) is 2. The number of anilines is 1. The molecule has 114 valence electrons. The molecule has 21 heavy (non-hydrogen) atoms. The Morgan fingerprint density at radius 3 is 2.67 bits per heavy atom. The SMILES string of the molecule is Cc1c(F)cc(C(N)=O)cc1NC(=O)C1(C)COCC1N. The second kappa shape index (κ2) is 5.42. The molecule has 1 saturated heterocycles. The van der Waals surface area contributed by atoms with Crippen LogP contribution in [0.5, 0.6) is 0 Å².